The molecule has 1 atom stereocenters. The molecule has 0 radical (unpaired) electrons. The molecule has 0 saturated heterocycles. The van der Waals surface area contributed by atoms with Crippen molar-refractivity contribution in [1.82, 2.24) is 4.57 Å². The smallest absolute Gasteiger partial charge is 0.338 e. The van der Waals surface area contributed by atoms with Gasteiger partial charge < -0.3 is 14.2 Å². The lowest BCUT2D eigenvalue weighted by atomic mass is 9.95. The first-order valence-corrected chi connectivity index (χ1v) is 13.9. The van der Waals surface area contributed by atoms with Gasteiger partial charge in [-0.05, 0) is 67.1 Å². The summed E-state index contributed by atoms with van der Waals surface area (Å²) >= 11 is 13.8. The molecule has 11 heteroatoms. The number of carbonyl (C=O) groups excluding carboxylic acids is 1. The maximum atomic E-state index is 14.0. The van der Waals surface area contributed by atoms with Crippen molar-refractivity contribution in [3.05, 3.63) is 124 Å². The molecule has 5 rings (SSSR count). The van der Waals surface area contributed by atoms with Gasteiger partial charge in [-0.3, -0.25) is 9.36 Å². The Hall–Kier alpha value is -3.92. The van der Waals surface area contributed by atoms with Gasteiger partial charge in [-0.15, -0.1) is 0 Å². The zero-order valence-electron chi connectivity index (χ0n) is 22.1. The average Bonchev–Trinajstić information content (AvgIpc) is 3.26. The van der Waals surface area contributed by atoms with Crippen LogP contribution in [-0.2, 0) is 16.1 Å². The molecule has 0 unspecified atom stereocenters. The van der Waals surface area contributed by atoms with E-state index in [0.717, 1.165) is 16.9 Å². The minimum Gasteiger partial charge on any atom is -0.496 e. The standard InChI is InChI=1S/C30H23Cl2FN2O5S/c1-16-26(29(37)39-3)27(22-14-20(32)7-11-24(22)38-2)35-28(36)25(41-30(35)34-16)13-18-12-19(31)6-10-23(18)40-15-17-4-8-21(33)9-5-17/h4-14,27H,15H2,1-3H3/b25-13-/t27-/m1/s1. The molecule has 0 spiro atoms. The number of hydrogen-bond acceptors (Lipinski definition) is 7. The van der Waals surface area contributed by atoms with Gasteiger partial charge in [-0.2, -0.15) is 0 Å². The van der Waals surface area contributed by atoms with Crippen LogP contribution in [0.2, 0.25) is 10.0 Å². The van der Waals surface area contributed by atoms with Gasteiger partial charge in [-0.25, -0.2) is 14.2 Å². The summed E-state index contributed by atoms with van der Waals surface area (Å²) in [5, 5.41) is 0.854. The topological polar surface area (TPSA) is 79.1 Å². The first-order chi connectivity index (χ1) is 19.7. The van der Waals surface area contributed by atoms with Crippen LogP contribution in [0.5, 0.6) is 11.5 Å². The number of esters is 1. The number of allylic oxidation sites excluding steroid dienone is 1. The van der Waals surface area contributed by atoms with Crippen molar-refractivity contribution in [2.45, 2.75) is 19.6 Å². The molecular weight excluding hydrogens is 590 g/mol. The van der Waals surface area contributed by atoms with Crippen molar-refractivity contribution in [1.29, 1.82) is 0 Å². The molecule has 4 aromatic rings. The van der Waals surface area contributed by atoms with Crippen molar-refractivity contribution in [2.75, 3.05) is 14.2 Å². The quantitative estimate of drug-likeness (QED) is 0.260. The number of carbonyl (C=O) groups is 1. The molecule has 0 saturated carbocycles. The lowest BCUT2D eigenvalue weighted by Crippen LogP contribution is -2.40. The van der Waals surface area contributed by atoms with Crippen LogP contribution in [0.3, 0.4) is 0 Å². The molecule has 3 aromatic carbocycles. The first-order valence-electron chi connectivity index (χ1n) is 12.3. The van der Waals surface area contributed by atoms with Crippen LogP contribution in [0.15, 0.2) is 81.7 Å². The molecule has 2 heterocycles. The molecule has 7 nitrogen and oxygen atoms in total. The highest BCUT2D eigenvalue weighted by atomic mass is 35.5. The minimum atomic E-state index is -0.900. The monoisotopic (exact) mass is 612 g/mol. The zero-order valence-corrected chi connectivity index (χ0v) is 24.4. The largest absolute Gasteiger partial charge is 0.496 e. The summed E-state index contributed by atoms with van der Waals surface area (Å²) in [6.07, 6.45) is 1.67. The molecule has 0 fully saturated rings. The maximum Gasteiger partial charge on any atom is 0.338 e. The van der Waals surface area contributed by atoms with Gasteiger partial charge in [0, 0.05) is 21.2 Å². The number of hydrogen-bond donors (Lipinski definition) is 0. The molecule has 0 N–H and O–H groups in total. The average molecular weight is 613 g/mol. The van der Waals surface area contributed by atoms with Crippen molar-refractivity contribution in [3.8, 4) is 11.5 Å². The molecule has 0 bridgehead atoms. The number of rotatable bonds is 7. The summed E-state index contributed by atoms with van der Waals surface area (Å²) in [5.74, 6) is -0.0464. The summed E-state index contributed by atoms with van der Waals surface area (Å²) in [5.41, 5.74) is 2.05. The lowest BCUT2D eigenvalue weighted by Gasteiger charge is -2.25. The fourth-order valence-corrected chi connectivity index (χ4v) is 5.95. The van der Waals surface area contributed by atoms with E-state index >= 15 is 0 Å². The van der Waals surface area contributed by atoms with E-state index in [9.17, 15) is 14.0 Å². The van der Waals surface area contributed by atoms with Crippen molar-refractivity contribution >= 4 is 46.6 Å². The third-order valence-corrected chi connectivity index (χ3v) is 7.93. The van der Waals surface area contributed by atoms with Crippen LogP contribution < -0.4 is 24.4 Å². The van der Waals surface area contributed by atoms with Gasteiger partial charge in [0.15, 0.2) is 4.80 Å². The van der Waals surface area contributed by atoms with Crippen LogP contribution in [0.4, 0.5) is 4.39 Å². The highest BCUT2D eigenvalue weighted by Crippen LogP contribution is 2.37. The number of benzene rings is 3. The Kier molecular flexibility index (Phi) is 8.30. The predicted molar refractivity (Wildman–Crippen MR) is 156 cm³/mol. The Labute approximate surface area is 248 Å². The van der Waals surface area contributed by atoms with Gasteiger partial charge in [0.2, 0.25) is 0 Å². The van der Waals surface area contributed by atoms with E-state index in [1.165, 1.54) is 30.9 Å². The Morgan fingerprint density at radius 2 is 1.73 bits per heavy atom. The van der Waals surface area contributed by atoms with Crippen LogP contribution in [0, 0.1) is 5.82 Å². The molecule has 0 aliphatic carbocycles. The van der Waals surface area contributed by atoms with E-state index in [4.69, 9.17) is 37.4 Å². The predicted octanol–water partition coefficient (Wildman–Crippen LogP) is 5.44. The van der Waals surface area contributed by atoms with Gasteiger partial charge in [0.05, 0.1) is 30.0 Å². The van der Waals surface area contributed by atoms with Crippen molar-refractivity contribution in [3.63, 3.8) is 0 Å². The van der Waals surface area contributed by atoms with Gasteiger partial charge in [0.25, 0.3) is 5.56 Å². The molecule has 210 valence electrons. The fraction of sp³-hybridized carbons (Fsp3) is 0.167. The SMILES string of the molecule is COC(=O)C1=C(C)N=c2s/c(=C\c3cc(Cl)ccc3OCc3ccc(F)cc3)c(=O)n2[C@@H]1c1cc(Cl)ccc1OC. The number of methoxy groups -OCH3 is 2. The molecule has 1 aliphatic rings. The second kappa shape index (κ2) is 11.9. The Bertz CT molecular complexity index is 1870. The number of aromatic nitrogens is 1. The van der Waals surface area contributed by atoms with E-state index in [1.54, 1.807) is 61.5 Å². The molecular formula is C30H23Cl2FN2O5S. The van der Waals surface area contributed by atoms with Crippen LogP contribution in [-0.4, -0.2) is 24.8 Å². The van der Waals surface area contributed by atoms with Crippen molar-refractivity contribution in [2.24, 2.45) is 4.99 Å². The normalized spacial score (nSPS) is 14.9. The van der Waals surface area contributed by atoms with E-state index in [2.05, 4.69) is 4.99 Å². The van der Waals surface area contributed by atoms with E-state index in [-0.39, 0.29) is 23.6 Å². The first kappa shape index (κ1) is 28.6. The summed E-state index contributed by atoms with van der Waals surface area (Å²) in [6, 6.07) is 15.1. The highest BCUT2D eigenvalue weighted by Gasteiger charge is 2.35. The van der Waals surface area contributed by atoms with E-state index in [1.807, 2.05) is 0 Å². The second-order valence-electron chi connectivity index (χ2n) is 9.06. The third kappa shape index (κ3) is 5.79. The number of fused-ring (bicyclic) bond motifs is 1. The van der Waals surface area contributed by atoms with Gasteiger partial charge in [0.1, 0.15) is 30.0 Å². The van der Waals surface area contributed by atoms with Crippen LogP contribution in [0.25, 0.3) is 6.08 Å². The molecule has 1 aliphatic heterocycles. The summed E-state index contributed by atoms with van der Waals surface area (Å²) < 4.78 is 31.7. The van der Waals surface area contributed by atoms with Crippen LogP contribution >= 0.6 is 34.5 Å². The Morgan fingerprint density at radius 1 is 1.05 bits per heavy atom. The molecule has 41 heavy (non-hydrogen) atoms. The second-order valence-corrected chi connectivity index (χ2v) is 10.9. The van der Waals surface area contributed by atoms with Crippen molar-refractivity contribution < 1.29 is 23.4 Å². The molecule has 0 amide bonds. The number of halogens is 3. The van der Waals surface area contributed by atoms with E-state index in [0.29, 0.717) is 47.7 Å². The van der Waals surface area contributed by atoms with Gasteiger partial charge >= 0.3 is 5.97 Å². The van der Waals surface area contributed by atoms with Crippen LogP contribution in [0.1, 0.15) is 29.7 Å². The Morgan fingerprint density at radius 3 is 2.41 bits per heavy atom. The maximum absolute atomic E-state index is 14.0. The van der Waals surface area contributed by atoms with Gasteiger partial charge in [-0.1, -0.05) is 46.7 Å². The lowest BCUT2D eigenvalue weighted by molar-refractivity contribution is -0.136. The third-order valence-electron chi connectivity index (χ3n) is 6.48. The summed E-state index contributed by atoms with van der Waals surface area (Å²) in [6.45, 7) is 1.87. The summed E-state index contributed by atoms with van der Waals surface area (Å²) in [7, 11) is 2.77. The van der Waals surface area contributed by atoms with E-state index < -0.39 is 12.0 Å². The minimum absolute atomic E-state index is 0.181. The number of ether oxygens (including phenoxy) is 3. The molecule has 1 aromatic heterocycles. The number of nitrogens with zero attached hydrogens (tertiary/aromatic N) is 2. The summed E-state index contributed by atoms with van der Waals surface area (Å²) in [4.78, 5) is 31.9. The Balaban J connectivity index is 1.66. The fourth-order valence-electron chi connectivity index (χ4n) is 4.55. The number of thiazole rings is 1. The highest BCUT2D eigenvalue weighted by molar-refractivity contribution is 7.07. The zero-order chi connectivity index (χ0) is 29.3.